The molecule has 4 N–H and O–H groups in total. The van der Waals surface area contributed by atoms with Gasteiger partial charge in [0.05, 0.1) is 6.61 Å². The molecule has 0 unspecified atom stereocenters. The Morgan fingerprint density at radius 1 is 1.58 bits per heavy atom. The van der Waals surface area contributed by atoms with Crippen LogP contribution in [0.25, 0.3) is 0 Å². The van der Waals surface area contributed by atoms with Crippen molar-refractivity contribution >= 4 is 11.9 Å². The van der Waals surface area contributed by atoms with E-state index in [1.807, 2.05) is 14.0 Å². The number of amides is 3. The van der Waals surface area contributed by atoms with Gasteiger partial charge in [-0.25, -0.2) is 4.79 Å². The monoisotopic (exact) mass is 272 g/mol. The molecule has 0 aliphatic carbocycles. The third-order valence-electron chi connectivity index (χ3n) is 3.75. The zero-order chi connectivity index (χ0) is 14.6. The molecule has 3 amide bonds. The van der Waals surface area contributed by atoms with E-state index in [0.29, 0.717) is 13.1 Å². The Hall–Kier alpha value is -1.34. The maximum absolute atomic E-state index is 12.2. The lowest BCUT2D eigenvalue weighted by atomic mass is 10.1. The minimum absolute atomic E-state index is 0.0566. The topological polar surface area (TPSA) is 98.9 Å². The fourth-order valence-corrected chi connectivity index (χ4v) is 2.67. The average molecular weight is 272 g/mol. The van der Waals surface area contributed by atoms with Gasteiger partial charge in [-0.05, 0) is 27.3 Å². The molecule has 1 heterocycles. The first-order valence-corrected chi connectivity index (χ1v) is 6.56. The lowest BCUT2D eigenvalue weighted by Gasteiger charge is -2.31. The van der Waals surface area contributed by atoms with E-state index < -0.39 is 12.1 Å². The van der Waals surface area contributed by atoms with Crippen molar-refractivity contribution in [3.8, 4) is 0 Å². The molecule has 1 saturated heterocycles. The highest BCUT2D eigenvalue weighted by Gasteiger charge is 2.37. The fourth-order valence-electron chi connectivity index (χ4n) is 2.67. The molecule has 0 aromatic rings. The van der Waals surface area contributed by atoms with Crippen LogP contribution < -0.4 is 11.1 Å². The Morgan fingerprint density at radius 2 is 2.21 bits per heavy atom. The zero-order valence-electron chi connectivity index (χ0n) is 11.8. The minimum Gasteiger partial charge on any atom is -0.395 e. The molecular formula is C12H24N4O3. The highest BCUT2D eigenvalue weighted by Crippen LogP contribution is 2.22. The van der Waals surface area contributed by atoms with Crippen LogP contribution in [0.5, 0.6) is 0 Å². The number of likely N-dealkylation sites (tertiary alicyclic amines) is 1. The van der Waals surface area contributed by atoms with Gasteiger partial charge >= 0.3 is 6.03 Å². The smallest absolute Gasteiger partial charge is 0.312 e. The number of primary amides is 1. The summed E-state index contributed by atoms with van der Waals surface area (Å²) in [5.41, 5.74) is 5.02. The first-order valence-electron chi connectivity index (χ1n) is 6.56. The number of urea groups is 1. The Balaban J connectivity index is 2.61. The molecule has 0 bridgehead atoms. The Kier molecular flexibility index (Phi) is 5.56. The third-order valence-corrected chi connectivity index (χ3v) is 3.75. The molecule has 1 aliphatic rings. The second-order valence-corrected chi connectivity index (χ2v) is 5.06. The maximum atomic E-state index is 12.2. The number of likely N-dealkylation sites (N-methyl/N-ethyl adjacent to an activating group) is 1. The molecule has 0 aromatic carbocycles. The predicted octanol–water partition coefficient (Wildman–Crippen LogP) is -1.04. The van der Waals surface area contributed by atoms with Crippen LogP contribution in [0.15, 0.2) is 0 Å². The zero-order valence-corrected chi connectivity index (χ0v) is 11.8. The number of carbonyl (C=O) groups is 2. The van der Waals surface area contributed by atoms with Crippen LogP contribution >= 0.6 is 0 Å². The SMILES string of the molecule is C[C@H](NC(N)=O)C(=O)N1CC[C@@H](N(C)CCO)[C@H]1C. The molecular weight excluding hydrogens is 248 g/mol. The van der Waals surface area contributed by atoms with Gasteiger partial charge in [-0.15, -0.1) is 0 Å². The van der Waals surface area contributed by atoms with Crippen LogP contribution in [-0.4, -0.2) is 71.7 Å². The van der Waals surface area contributed by atoms with E-state index in [0.717, 1.165) is 6.42 Å². The molecule has 110 valence electrons. The van der Waals surface area contributed by atoms with E-state index in [-0.39, 0.29) is 24.6 Å². The summed E-state index contributed by atoms with van der Waals surface area (Å²) in [4.78, 5) is 26.8. The molecule has 7 heteroatoms. The molecule has 0 radical (unpaired) electrons. The van der Waals surface area contributed by atoms with Gasteiger partial charge < -0.3 is 21.1 Å². The van der Waals surface area contributed by atoms with Crippen molar-refractivity contribution in [2.45, 2.75) is 38.4 Å². The van der Waals surface area contributed by atoms with Crippen LogP contribution in [0.1, 0.15) is 20.3 Å². The number of nitrogens with one attached hydrogen (secondary N) is 1. The van der Waals surface area contributed by atoms with Gasteiger partial charge in [0, 0.05) is 25.2 Å². The fraction of sp³-hybridized carbons (Fsp3) is 0.833. The second kappa shape index (κ2) is 6.72. The Bertz CT molecular complexity index is 337. The number of aliphatic hydroxyl groups is 1. The molecule has 7 nitrogen and oxygen atoms in total. The largest absolute Gasteiger partial charge is 0.395 e. The standard InChI is InChI=1S/C12H24N4O3/c1-8(14-12(13)19)11(18)16-5-4-10(9(16)2)15(3)6-7-17/h8-10,17H,4-7H2,1-3H3,(H3,13,14,19)/t8-,9+,10+/m0/s1. The summed E-state index contributed by atoms with van der Waals surface area (Å²) in [7, 11) is 1.94. The molecule has 1 fully saturated rings. The van der Waals surface area contributed by atoms with E-state index in [9.17, 15) is 9.59 Å². The lowest BCUT2D eigenvalue weighted by Crippen LogP contribution is -2.51. The van der Waals surface area contributed by atoms with Crippen LogP contribution in [0.3, 0.4) is 0 Å². The summed E-state index contributed by atoms with van der Waals surface area (Å²) >= 11 is 0. The third kappa shape index (κ3) is 3.81. The highest BCUT2D eigenvalue weighted by molar-refractivity contribution is 5.86. The van der Waals surface area contributed by atoms with Gasteiger partial charge in [0.1, 0.15) is 6.04 Å². The summed E-state index contributed by atoms with van der Waals surface area (Å²) in [5.74, 6) is -0.119. The number of rotatable bonds is 5. The Morgan fingerprint density at radius 3 is 2.74 bits per heavy atom. The van der Waals surface area contributed by atoms with Crippen molar-refractivity contribution in [3.05, 3.63) is 0 Å². The average Bonchev–Trinajstić information content (AvgIpc) is 2.69. The molecule has 19 heavy (non-hydrogen) atoms. The van der Waals surface area contributed by atoms with E-state index in [4.69, 9.17) is 10.8 Å². The minimum atomic E-state index is -0.693. The highest BCUT2D eigenvalue weighted by atomic mass is 16.3. The first kappa shape index (κ1) is 15.7. The number of nitrogens with zero attached hydrogens (tertiary/aromatic N) is 2. The normalized spacial score (nSPS) is 24.6. The van der Waals surface area contributed by atoms with Gasteiger partial charge in [0.25, 0.3) is 0 Å². The predicted molar refractivity (Wildman–Crippen MR) is 71.5 cm³/mol. The molecule has 1 rings (SSSR count). The summed E-state index contributed by atoms with van der Waals surface area (Å²) in [6.07, 6.45) is 0.868. The van der Waals surface area contributed by atoms with Crippen molar-refractivity contribution in [3.63, 3.8) is 0 Å². The second-order valence-electron chi connectivity index (χ2n) is 5.06. The van der Waals surface area contributed by atoms with Crippen LogP contribution in [-0.2, 0) is 4.79 Å². The van der Waals surface area contributed by atoms with Crippen LogP contribution in [0, 0.1) is 0 Å². The van der Waals surface area contributed by atoms with E-state index in [2.05, 4.69) is 10.2 Å². The molecule has 0 spiro atoms. The van der Waals surface area contributed by atoms with Gasteiger partial charge in [0.2, 0.25) is 5.91 Å². The van der Waals surface area contributed by atoms with Gasteiger partial charge in [-0.3, -0.25) is 9.69 Å². The van der Waals surface area contributed by atoms with Crippen molar-refractivity contribution in [2.24, 2.45) is 5.73 Å². The van der Waals surface area contributed by atoms with Crippen LogP contribution in [0.4, 0.5) is 4.79 Å². The van der Waals surface area contributed by atoms with Crippen molar-refractivity contribution in [1.29, 1.82) is 0 Å². The molecule has 1 aliphatic heterocycles. The molecule has 0 aromatic heterocycles. The lowest BCUT2D eigenvalue weighted by molar-refractivity contribution is -0.133. The maximum Gasteiger partial charge on any atom is 0.312 e. The number of aliphatic hydroxyl groups excluding tert-OH is 1. The van der Waals surface area contributed by atoms with Crippen molar-refractivity contribution in [1.82, 2.24) is 15.1 Å². The first-order chi connectivity index (χ1) is 8.88. The summed E-state index contributed by atoms with van der Waals surface area (Å²) < 4.78 is 0. The van der Waals surface area contributed by atoms with Crippen molar-refractivity contribution in [2.75, 3.05) is 26.7 Å². The van der Waals surface area contributed by atoms with Gasteiger partial charge in [-0.2, -0.15) is 0 Å². The molecule has 3 atom stereocenters. The number of nitrogens with two attached hydrogens (primary N) is 1. The number of carbonyl (C=O) groups excluding carboxylic acids is 2. The quantitative estimate of drug-likeness (QED) is 0.595. The van der Waals surface area contributed by atoms with Gasteiger partial charge in [0.15, 0.2) is 0 Å². The van der Waals surface area contributed by atoms with E-state index in [1.54, 1.807) is 11.8 Å². The van der Waals surface area contributed by atoms with Crippen molar-refractivity contribution < 1.29 is 14.7 Å². The summed E-state index contributed by atoms with van der Waals surface area (Å²) in [6, 6.07) is -1.01. The molecule has 0 saturated carbocycles. The van der Waals surface area contributed by atoms with Gasteiger partial charge in [-0.1, -0.05) is 0 Å². The van der Waals surface area contributed by atoms with Crippen LogP contribution in [0.2, 0.25) is 0 Å². The van der Waals surface area contributed by atoms with E-state index in [1.165, 1.54) is 0 Å². The van der Waals surface area contributed by atoms with E-state index >= 15 is 0 Å². The number of hydrogen-bond acceptors (Lipinski definition) is 4. The Labute approximate surface area is 113 Å². The summed E-state index contributed by atoms with van der Waals surface area (Å²) in [5, 5.41) is 11.4. The number of hydrogen-bond donors (Lipinski definition) is 3. The summed E-state index contributed by atoms with van der Waals surface area (Å²) in [6.45, 7) is 4.97.